The van der Waals surface area contributed by atoms with E-state index in [9.17, 15) is 8.42 Å². The van der Waals surface area contributed by atoms with E-state index >= 15 is 0 Å². The van der Waals surface area contributed by atoms with Crippen LogP contribution in [0.5, 0.6) is 0 Å². The van der Waals surface area contributed by atoms with Crippen LogP contribution in [0.3, 0.4) is 0 Å². The van der Waals surface area contributed by atoms with Crippen molar-refractivity contribution in [3.8, 4) is 0 Å². The lowest BCUT2D eigenvalue weighted by atomic mass is 9.83. The summed E-state index contributed by atoms with van der Waals surface area (Å²) in [7, 11) is -1.75. The zero-order valence-electron chi connectivity index (χ0n) is 9.09. The summed E-state index contributed by atoms with van der Waals surface area (Å²) in [4.78, 5) is 0. The predicted molar refractivity (Wildman–Crippen MR) is 67.2 cm³/mol. The Balaban J connectivity index is 2.33. The fourth-order valence-corrected chi connectivity index (χ4v) is 3.01. The van der Waals surface area contributed by atoms with E-state index in [1.165, 1.54) is 0 Å². The lowest BCUT2D eigenvalue weighted by molar-refractivity contribution is 0.212. The maximum absolute atomic E-state index is 11.2. The molecule has 0 fully saturated rings. The molecule has 0 saturated heterocycles. The summed E-state index contributed by atoms with van der Waals surface area (Å²) >= 11 is 0. The Morgan fingerprint density at radius 2 is 2.06 bits per heavy atom. The second-order valence-corrected chi connectivity index (χ2v) is 7.03. The van der Waals surface area contributed by atoms with Gasteiger partial charge in [0.2, 0.25) is 0 Å². The number of allylic oxidation sites excluding steroid dienone is 3. The van der Waals surface area contributed by atoms with Gasteiger partial charge in [0.15, 0.2) is 0 Å². The Bertz CT molecular complexity index is 473. The van der Waals surface area contributed by atoms with E-state index in [0.29, 0.717) is 0 Å². The van der Waals surface area contributed by atoms with E-state index in [-0.39, 0.29) is 12.0 Å². The molecule has 0 saturated carbocycles. The van der Waals surface area contributed by atoms with Crippen molar-refractivity contribution in [3.63, 3.8) is 0 Å². The summed E-state index contributed by atoms with van der Waals surface area (Å²) < 4.78 is 27.5. The third-order valence-electron chi connectivity index (χ3n) is 2.83. The summed E-state index contributed by atoms with van der Waals surface area (Å²) in [5, 5.41) is 0. The average molecular weight is 258 g/mol. The Hall–Kier alpha value is -0.440. The molecule has 0 aromatic heterocycles. The van der Waals surface area contributed by atoms with Crippen LogP contribution >= 0.6 is 8.44 Å². The van der Waals surface area contributed by atoms with Crippen LogP contribution in [0.25, 0.3) is 0 Å². The van der Waals surface area contributed by atoms with Gasteiger partial charge in [0.1, 0.15) is 6.10 Å². The highest BCUT2D eigenvalue weighted by Crippen LogP contribution is 2.34. The molecule has 0 aromatic carbocycles. The maximum Gasteiger partial charge on any atom is 0.278 e. The van der Waals surface area contributed by atoms with Gasteiger partial charge in [0.25, 0.3) is 9.74 Å². The van der Waals surface area contributed by atoms with Gasteiger partial charge in [0, 0.05) is 14.4 Å². The molecule has 0 spiro atoms. The van der Waals surface area contributed by atoms with Crippen LogP contribution in [-0.4, -0.2) is 14.5 Å². The van der Waals surface area contributed by atoms with Crippen LogP contribution < -0.4 is 0 Å². The molecule has 2 rings (SSSR count). The van der Waals surface area contributed by atoms with E-state index in [1.807, 2.05) is 19.1 Å². The normalized spacial score (nSPS) is 29.4. The van der Waals surface area contributed by atoms with E-state index < -0.39 is 9.74 Å². The minimum absolute atomic E-state index is 0.0804. The summed E-state index contributed by atoms with van der Waals surface area (Å²) in [5.41, 5.74) is 2.11. The molecule has 2 aliphatic rings. The number of hydrogen-bond donors (Lipinski definition) is 0. The number of fused-ring (bicyclic) bond motifs is 1. The summed E-state index contributed by atoms with van der Waals surface area (Å²) in [6.07, 6.45) is 9.84. The SMILES string of the molecule is CC1C=CC2=CCCC=C2C1OS(=O)(=O)P. The van der Waals surface area contributed by atoms with Crippen LogP contribution in [0.4, 0.5) is 0 Å². The van der Waals surface area contributed by atoms with Gasteiger partial charge in [-0.1, -0.05) is 31.2 Å². The highest BCUT2D eigenvalue weighted by molar-refractivity contribution is 8.34. The smallest absolute Gasteiger partial charge is 0.259 e. The molecule has 0 aliphatic heterocycles. The van der Waals surface area contributed by atoms with Crippen molar-refractivity contribution in [3.05, 3.63) is 35.5 Å². The first-order chi connectivity index (χ1) is 7.47. The van der Waals surface area contributed by atoms with E-state index in [4.69, 9.17) is 4.18 Å². The molecule has 88 valence electrons. The second kappa shape index (κ2) is 4.44. The minimum Gasteiger partial charge on any atom is -0.259 e. The van der Waals surface area contributed by atoms with Crippen molar-refractivity contribution in [1.82, 2.24) is 0 Å². The minimum atomic E-state index is -3.49. The molecule has 16 heavy (non-hydrogen) atoms. The van der Waals surface area contributed by atoms with Gasteiger partial charge in [0.05, 0.1) is 0 Å². The molecule has 0 bridgehead atoms. The van der Waals surface area contributed by atoms with Gasteiger partial charge >= 0.3 is 0 Å². The van der Waals surface area contributed by atoms with Crippen molar-refractivity contribution in [1.29, 1.82) is 0 Å². The fraction of sp³-hybridized carbons (Fsp3) is 0.455. The van der Waals surface area contributed by atoms with Gasteiger partial charge < -0.3 is 0 Å². The monoisotopic (exact) mass is 258 g/mol. The van der Waals surface area contributed by atoms with Crippen LogP contribution in [0.1, 0.15) is 19.8 Å². The molecule has 0 aromatic rings. The van der Waals surface area contributed by atoms with Crippen molar-refractivity contribution in [2.45, 2.75) is 25.9 Å². The van der Waals surface area contributed by atoms with Crippen molar-refractivity contribution < 1.29 is 12.6 Å². The van der Waals surface area contributed by atoms with Crippen LogP contribution in [0.15, 0.2) is 35.5 Å². The standard InChI is InChI=1S/C11H15O3PS/c1-8-6-7-9-4-2-3-5-10(9)11(8)14-16(12,13)15/h4-8,11H,2-3,15H2,1H3. The second-order valence-electron chi connectivity index (χ2n) is 4.12. The average Bonchev–Trinajstić information content (AvgIpc) is 2.21. The molecular formula is C11H15O3PS. The topological polar surface area (TPSA) is 43.4 Å². The molecule has 0 amide bonds. The van der Waals surface area contributed by atoms with Crippen molar-refractivity contribution in [2.24, 2.45) is 5.92 Å². The highest BCUT2D eigenvalue weighted by Gasteiger charge is 2.29. The largest absolute Gasteiger partial charge is 0.278 e. The Kier molecular flexibility index (Phi) is 3.34. The maximum atomic E-state index is 11.2. The molecule has 3 atom stereocenters. The molecule has 2 aliphatic carbocycles. The molecule has 0 N–H and O–H groups in total. The van der Waals surface area contributed by atoms with Crippen LogP contribution in [-0.2, 0) is 13.9 Å². The quantitative estimate of drug-likeness (QED) is 0.714. The molecule has 0 radical (unpaired) electrons. The first-order valence-corrected chi connectivity index (χ1v) is 8.16. The van der Waals surface area contributed by atoms with Gasteiger partial charge in [-0.25, -0.2) is 0 Å². The van der Waals surface area contributed by atoms with Gasteiger partial charge in [-0.2, -0.15) is 8.42 Å². The van der Waals surface area contributed by atoms with E-state index in [2.05, 4.69) is 12.2 Å². The Morgan fingerprint density at radius 3 is 2.75 bits per heavy atom. The Labute approximate surface area is 98.3 Å². The molecule has 3 nitrogen and oxygen atoms in total. The molecule has 5 heteroatoms. The summed E-state index contributed by atoms with van der Waals surface area (Å²) in [6.45, 7) is 1.96. The zero-order valence-corrected chi connectivity index (χ0v) is 11.1. The van der Waals surface area contributed by atoms with Crippen molar-refractivity contribution >= 4 is 18.2 Å². The summed E-state index contributed by atoms with van der Waals surface area (Å²) in [5.74, 6) is 0.0804. The first kappa shape index (κ1) is 12.0. The fourth-order valence-electron chi connectivity index (χ4n) is 2.08. The molecule has 3 unspecified atom stereocenters. The third kappa shape index (κ3) is 2.62. The van der Waals surface area contributed by atoms with Gasteiger partial charge in [-0.3, -0.25) is 4.18 Å². The highest BCUT2D eigenvalue weighted by atomic mass is 32.7. The molecule has 0 heterocycles. The predicted octanol–water partition coefficient (Wildman–Crippen LogP) is 2.34. The van der Waals surface area contributed by atoms with Gasteiger partial charge in [-0.05, 0) is 24.0 Å². The van der Waals surface area contributed by atoms with Crippen LogP contribution in [0.2, 0.25) is 0 Å². The third-order valence-corrected chi connectivity index (χ3v) is 3.64. The Morgan fingerprint density at radius 1 is 1.38 bits per heavy atom. The first-order valence-electron chi connectivity index (χ1n) is 5.27. The lowest BCUT2D eigenvalue weighted by Crippen LogP contribution is -2.28. The number of rotatable bonds is 2. The lowest BCUT2D eigenvalue weighted by Gasteiger charge is -2.29. The molecular weight excluding hydrogens is 243 g/mol. The van der Waals surface area contributed by atoms with E-state index in [0.717, 1.165) is 24.0 Å². The van der Waals surface area contributed by atoms with E-state index in [1.54, 1.807) is 8.44 Å². The zero-order chi connectivity index (χ0) is 11.8. The van der Waals surface area contributed by atoms with Gasteiger partial charge in [-0.15, -0.1) is 0 Å². The summed E-state index contributed by atoms with van der Waals surface area (Å²) in [6, 6.07) is 0. The number of hydrogen-bond acceptors (Lipinski definition) is 3. The van der Waals surface area contributed by atoms with Crippen molar-refractivity contribution in [2.75, 3.05) is 0 Å². The van der Waals surface area contributed by atoms with Crippen LogP contribution in [0, 0.1) is 5.92 Å².